The third-order valence-electron chi connectivity index (χ3n) is 8.09. The minimum Gasteiger partial charge on any atom is -0.496 e. The molecule has 14 heteroatoms. The normalized spacial score (nSPS) is 13.4. The van der Waals surface area contributed by atoms with Crippen molar-refractivity contribution in [3.8, 4) is 34.5 Å². The second kappa shape index (κ2) is 20.7. The molecule has 4 aromatic carbocycles. The van der Waals surface area contributed by atoms with Crippen molar-refractivity contribution in [1.29, 1.82) is 0 Å². The number of rotatable bonds is 10. The summed E-state index contributed by atoms with van der Waals surface area (Å²) in [6.07, 6.45) is 7.88. The van der Waals surface area contributed by atoms with Crippen LogP contribution in [0.25, 0.3) is 0 Å². The van der Waals surface area contributed by atoms with Gasteiger partial charge in [0, 0.05) is 21.4 Å². The van der Waals surface area contributed by atoms with Crippen LogP contribution >= 0.6 is 78.3 Å². The molecular formula is C38H39Br2Cl4NO7. The van der Waals surface area contributed by atoms with Gasteiger partial charge in [0.05, 0.1) is 39.9 Å². The molecule has 0 atom stereocenters. The van der Waals surface area contributed by atoms with Gasteiger partial charge in [-0.3, -0.25) is 4.79 Å². The lowest BCUT2D eigenvalue weighted by Crippen LogP contribution is -2.27. The number of carboxylic acids is 1. The fourth-order valence-corrected chi connectivity index (χ4v) is 7.46. The van der Waals surface area contributed by atoms with Gasteiger partial charge in [-0.05, 0) is 79.4 Å². The number of hydrogen-bond acceptors (Lipinski definition) is 7. The van der Waals surface area contributed by atoms with E-state index >= 15 is 0 Å². The zero-order valence-electron chi connectivity index (χ0n) is 27.6. The molecule has 0 amide bonds. The van der Waals surface area contributed by atoms with E-state index < -0.39 is 5.97 Å². The van der Waals surface area contributed by atoms with Gasteiger partial charge in [-0.1, -0.05) is 111 Å². The number of benzene rings is 4. The second-order valence-corrected chi connectivity index (χ2v) is 15.2. The highest BCUT2D eigenvalue weighted by Gasteiger charge is 2.24. The van der Waals surface area contributed by atoms with Crippen molar-refractivity contribution in [1.82, 2.24) is 0 Å². The summed E-state index contributed by atoms with van der Waals surface area (Å²) in [6.45, 7) is 0. The van der Waals surface area contributed by atoms with Gasteiger partial charge in [0.2, 0.25) is 0 Å². The number of ketones is 1. The Kier molecular flexibility index (Phi) is 17.4. The summed E-state index contributed by atoms with van der Waals surface area (Å²) < 4.78 is 23.2. The summed E-state index contributed by atoms with van der Waals surface area (Å²) in [5, 5.41) is 10.5. The Balaban J connectivity index is 0.000000245. The van der Waals surface area contributed by atoms with E-state index in [0.717, 1.165) is 17.3 Å². The van der Waals surface area contributed by atoms with Gasteiger partial charge in [0.15, 0.2) is 17.3 Å². The van der Waals surface area contributed by atoms with E-state index in [1.807, 2.05) is 0 Å². The topological polar surface area (TPSA) is 117 Å². The fraction of sp³-hybridized carbons (Fsp3) is 0.316. The Morgan fingerprint density at radius 3 is 1.42 bits per heavy atom. The van der Waals surface area contributed by atoms with Crippen molar-refractivity contribution in [3.05, 3.63) is 101 Å². The van der Waals surface area contributed by atoms with Gasteiger partial charge in [-0.15, -0.1) is 0 Å². The smallest absolute Gasteiger partial charge is 0.339 e. The van der Waals surface area contributed by atoms with Crippen LogP contribution in [-0.2, 0) is 0 Å². The maximum atomic E-state index is 12.6. The SMILES string of the molecule is C.COc1ccc(Oc2c(Cl)cc(Br)cc2Cl)cc1C(=O)CC1CCC1.COc1ccc(Oc2c(Cl)cc(Br)cc2Cl)cc1C(=O)O.NC1CCC1. The van der Waals surface area contributed by atoms with E-state index in [4.69, 9.17) is 76.2 Å². The van der Waals surface area contributed by atoms with Gasteiger partial charge < -0.3 is 29.8 Å². The highest BCUT2D eigenvalue weighted by atomic mass is 79.9. The molecule has 0 aliphatic heterocycles. The molecule has 280 valence electrons. The summed E-state index contributed by atoms with van der Waals surface area (Å²) in [5.41, 5.74) is 5.89. The summed E-state index contributed by atoms with van der Waals surface area (Å²) in [6, 6.07) is 16.8. The number of ether oxygens (including phenoxy) is 4. The molecular weight excluding hydrogens is 884 g/mol. The minimum atomic E-state index is -1.12. The lowest BCUT2D eigenvalue weighted by atomic mass is 9.81. The van der Waals surface area contributed by atoms with E-state index in [0.29, 0.717) is 71.5 Å². The van der Waals surface area contributed by atoms with E-state index in [9.17, 15) is 9.59 Å². The quantitative estimate of drug-likeness (QED) is 0.151. The minimum absolute atomic E-state index is 0. The number of carboxylic acid groups (broad SMARTS) is 1. The molecule has 0 heterocycles. The zero-order valence-corrected chi connectivity index (χ0v) is 33.8. The van der Waals surface area contributed by atoms with E-state index in [2.05, 4.69) is 31.9 Å². The maximum absolute atomic E-state index is 12.6. The standard InChI is InChI=1S/C19H17BrCl2O3.C14H9BrCl2O4.C4H9N.CH4/c1-24-18-6-5-13(10-14(18)17(23)7-11-3-2-4-11)25-19-15(21)8-12(20)9-16(19)22;1-20-12-3-2-8(6-9(12)14(18)19)21-13-10(16)4-7(15)5-11(13)17;5-4-2-1-3-4;/h5-6,8-11H,2-4,7H2,1H3;2-6H,1H3,(H,18,19);4H,1-3,5H2;1H4. The third kappa shape index (κ3) is 12.2. The van der Waals surface area contributed by atoms with Gasteiger partial charge in [0.25, 0.3) is 0 Å². The van der Waals surface area contributed by atoms with Crippen LogP contribution in [0.3, 0.4) is 0 Å². The number of Topliss-reactive ketones (excluding diaryl/α,β-unsaturated/α-hetero) is 1. The molecule has 6 rings (SSSR count). The first-order valence-corrected chi connectivity index (χ1v) is 18.9. The molecule has 52 heavy (non-hydrogen) atoms. The molecule has 0 unspecified atom stereocenters. The highest BCUT2D eigenvalue weighted by Crippen LogP contribution is 2.41. The summed E-state index contributed by atoms with van der Waals surface area (Å²) >= 11 is 31.1. The maximum Gasteiger partial charge on any atom is 0.339 e. The van der Waals surface area contributed by atoms with Crippen molar-refractivity contribution in [2.45, 2.75) is 58.4 Å². The third-order valence-corrected chi connectivity index (χ3v) is 10.1. The highest BCUT2D eigenvalue weighted by molar-refractivity contribution is 9.10. The summed E-state index contributed by atoms with van der Waals surface area (Å²) in [5.74, 6) is 1.61. The lowest BCUT2D eigenvalue weighted by molar-refractivity contribution is 0.0692. The average Bonchev–Trinajstić information content (AvgIpc) is 3.05. The van der Waals surface area contributed by atoms with Gasteiger partial charge >= 0.3 is 5.97 Å². The monoisotopic (exact) mass is 919 g/mol. The van der Waals surface area contributed by atoms with Gasteiger partial charge in [-0.2, -0.15) is 0 Å². The largest absolute Gasteiger partial charge is 0.496 e. The lowest BCUT2D eigenvalue weighted by Gasteiger charge is -2.24. The number of hydrogen-bond donors (Lipinski definition) is 2. The van der Waals surface area contributed by atoms with Crippen LogP contribution in [0, 0.1) is 5.92 Å². The Morgan fingerprint density at radius 2 is 1.10 bits per heavy atom. The fourth-order valence-electron chi connectivity index (χ4n) is 4.88. The number of halogens is 6. The van der Waals surface area contributed by atoms with Crippen molar-refractivity contribution in [3.63, 3.8) is 0 Å². The summed E-state index contributed by atoms with van der Waals surface area (Å²) in [4.78, 5) is 23.8. The Labute approximate surface area is 341 Å². The Morgan fingerprint density at radius 1 is 0.712 bits per heavy atom. The van der Waals surface area contributed by atoms with Gasteiger partial charge in [0.1, 0.15) is 28.6 Å². The molecule has 0 radical (unpaired) electrons. The second-order valence-electron chi connectivity index (χ2n) is 11.7. The summed E-state index contributed by atoms with van der Waals surface area (Å²) in [7, 11) is 2.95. The molecule has 8 nitrogen and oxygen atoms in total. The number of carbonyl (C=O) groups is 2. The number of methoxy groups -OCH3 is 2. The molecule has 3 N–H and O–H groups in total. The molecule has 0 spiro atoms. The van der Waals surface area contributed by atoms with E-state index in [-0.39, 0.29) is 30.3 Å². The Bertz CT molecular complexity index is 1820. The van der Waals surface area contributed by atoms with Crippen LogP contribution in [0.1, 0.15) is 73.1 Å². The van der Waals surface area contributed by atoms with Crippen molar-refractivity contribution < 1.29 is 33.6 Å². The molecule has 4 aromatic rings. The first-order chi connectivity index (χ1) is 24.3. The van der Waals surface area contributed by atoms with Gasteiger partial charge in [-0.25, -0.2) is 4.79 Å². The zero-order chi connectivity index (χ0) is 37.2. The first-order valence-electron chi connectivity index (χ1n) is 15.8. The van der Waals surface area contributed by atoms with E-state index in [1.54, 1.807) is 55.6 Å². The molecule has 2 saturated carbocycles. The number of aromatic carboxylic acids is 1. The molecule has 2 aliphatic carbocycles. The molecule has 2 fully saturated rings. The number of carbonyl (C=O) groups excluding carboxylic acids is 1. The average molecular weight is 923 g/mol. The van der Waals surface area contributed by atoms with E-state index in [1.165, 1.54) is 44.9 Å². The van der Waals surface area contributed by atoms with Crippen LogP contribution in [0.4, 0.5) is 0 Å². The van der Waals surface area contributed by atoms with Crippen LogP contribution in [0.5, 0.6) is 34.5 Å². The molecule has 0 saturated heterocycles. The van der Waals surface area contributed by atoms with Crippen LogP contribution in [0.2, 0.25) is 20.1 Å². The predicted molar refractivity (Wildman–Crippen MR) is 216 cm³/mol. The number of nitrogens with two attached hydrogens (primary N) is 1. The Hall–Kier alpha value is -2.70. The van der Waals surface area contributed by atoms with Crippen LogP contribution in [-0.4, -0.2) is 37.1 Å². The first kappa shape index (κ1) is 43.7. The van der Waals surface area contributed by atoms with Crippen molar-refractivity contribution in [2.75, 3.05) is 14.2 Å². The van der Waals surface area contributed by atoms with Crippen LogP contribution in [0.15, 0.2) is 69.6 Å². The van der Waals surface area contributed by atoms with Crippen molar-refractivity contribution in [2.24, 2.45) is 11.7 Å². The van der Waals surface area contributed by atoms with Crippen LogP contribution < -0.4 is 24.7 Å². The molecule has 2 aliphatic rings. The predicted octanol–water partition coefficient (Wildman–Crippen LogP) is 13.3. The molecule has 0 aromatic heterocycles. The van der Waals surface area contributed by atoms with Crippen molar-refractivity contribution >= 4 is 90.0 Å². The molecule has 0 bridgehead atoms.